The number of halogens is 1. The minimum Gasteiger partial charge on any atom is -0.507 e. The average Bonchev–Trinajstić information content (AvgIpc) is 2.56. The second kappa shape index (κ2) is 6.41. The number of barbiturate groups is 1. The topological polar surface area (TPSA) is 86.7 Å². The number of rotatable bonds is 2. The number of carbonyl (C=O) groups is 3. The molecule has 1 heterocycles. The van der Waals surface area contributed by atoms with Gasteiger partial charge in [0.15, 0.2) is 0 Å². The molecule has 4 amide bonds. The van der Waals surface area contributed by atoms with E-state index >= 15 is 0 Å². The molecule has 1 aliphatic heterocycles. The molecule has 0 spiro atoms. The molecule has 2 N–H and O–H groups in total. The maximum absolute atomic E-state index is 12.8. The first-order chi connectivity index (χ1) is 11.9. The van der Waals surface area contributed by atoms with Crippen molar-refractivity contribution in [2.24, 2.45) is 0 Å². The van der Waals surface area contributed by atoms with Gasteiger partial charge >= 0.3 is 6.03 Å². The zero-order valence-corrected chi connectivity index (χ0v) is 13.9. The van der Waals surface area contributed by atoms with Gasteiger partial charge in [-0.25, -0.2) is 9.69 Å². The fraction of sp³-hybridized carbons (Fsp3) is 0.0556. The first kappa shape index (κ1) is 16.7. The molecule has 0 aliphatic carbocycles. The molecule has 0 saturated carbocycles. The van der Waals surface area contributed by atoms with Crippen LogP contribution in [0.2, 0.25) is 5.02 Å². The van der Waals surface area contributed by atoms with Gasteiger partial charge in [0.05, 0.1) is 5.69 Å². The molecule has 0 bridgehead atoms. The quantitative estimate of drug-likeness (QED) is 0.639. The Morgan fingerprint density at radius 3 is 2.52 bits per heavy atom. The van der Waals surface area contributed by atoms with Crippen molar-refractivity contribution in [2.45, 2.75) is 6.92 Å². The number of phenols is 1. The summed E-state index contributed by atoms with van der Waals surface area (Å²) in [6.45, 7) is 1.67. The van der Waals surface area contributed by atoms with Gasteiger partial charge < -0.3 is 5.11 Å². The first-order valence-corrected chi connectivity index (χ1v) is 7.72. The van der Waals surface area contributed by atoms with E-state index in [1.165, 1.54) is 12.1 Å². The molecule has 2 aromatic rings. The third-order valence-electron chi connectivity index (χ3n) is 3.82. The fourth-order valence-corrected chi connectivity index (χ4v) is 2.65. The van der Waals surface area contributed by atoms with Crippen LogP contribution < -0.4 is 10.2 Å². The lowest BCUT2D eigenvalue weighted by Gasteiger charge is -2.27. The van der Waals surface area contributed by atoms with E-state index in [9.17, 15) is 19.5 Å². The Labute approximate surface area is 148 Å². The summed E-state index contributed by atoms with van der Waals surface area (Å²) < 4.78 is 0. The summed E-state index contributed by atoms with van der Waals surface area (Å²) in [4.78, 5) is 37.9. The Kier molecular flexibility index (Phi) is 4.29. The van der Waals surface area contributed by atoms with E-state index in [1.54, 1.807) is 43.3 Å². The molecule has 6 nitrogen and oxygen atoms in total. The second-order valence-corrected chi connectivity index (χ2v) is 5.81. The van der Waals surface area contributed by atoms with E-state index in [0.717, 1.165) is 4.90 Å². The summed E-state index contributed by atoms with van der Waals surface area (Å²) in [5.74, 6) is -1.70. The summed E-state index contributed by atoms with van der Waals surface area (Å²) in [7, 11) is 0. The van der Waals surface area contributed by atoms with Gasteiger partial charge in [-0.3, -0.25) is 14.9 Å². The van der Waals surface area contributed by atoms with Crippen LogP contribution in [0.25, 0.3) is 6.08 Å². The lowest BCUT2D eigenvalue weighted by Crippen LogP contribution is -2.54. The van der Waals surface area contributed by atoms with Gasteiger partial charge in [0.2, 0.25) is 0 Å². The zero-order valence-electron chi connectivity index (χ0n) is 13.1. The van der Waals surface area contributed by atoms with Crippen molar-refractivity contribution in [1.29, 1.82) is 0 Å². The Morgan fingerprint density at radius 1 is 1.08 bits per heavy atom. The number of nitrogens with zero attached hydrogens (tertiary/aromatic N) is 1. The van der Waals surface area contributed by atoms with Crippen LogP contribution in [0.5, 0.6) is 5.75 Å². The number of para-hydroxylation sites is 1. The SMILES string of the molecule is Cc1c(Cl)cccc1N1C(=O)NC(=O)/C(=C\c2ccccc2O)C1=O. The Morgan fingerprint density at radius 2 is 1.80 bits per heavy atom. The van der Waals surface area contributed by atoms with Crippen LogP contribution in [0, 0.1) is 6.92 Å². The lowest BCUT2D eigenvalue weighted by molar-refractivity contribution is -0.122. The van der Waals surface area contributed by atoms with Gasteiger partial charge in [-0.1, -0.05) is 35.9 Å². The van der Waals surface area contributed by atoms with Crippen molar-refractivity contribution in [3.8, 4) is 5.75 Å². The van der Waals surface area contributed by atoms with Crippen LogP contribution in [-0.4, -0.2) is 23.0 Å². The van der Waals surface area contributed by atoms with E-state index in [1.807, 2.05) is 0 Å². The smallest absolute Gasteiger partial charge is 0.335 e. The number of phenolic OH excluding ortho intramolecular Hbond substituents is 1. The minimum atomic E-state index is -0.852. The van der Waals surface area contributed by atoms with E-state index in [0.29, 0.717) is 10.6 Å². The molecule has 0 aromatic heterocycles. The first-order valence-electron chi connectivity index (χ1n) is 7.34. The fourth-order valence-electron chi connectivity index (χ4n) is 2.48. The Hall–Kier alpha value is -3.12. The summed E-state index contributed by atoms with van der Waals surface area (Å²) in [5, 5.41) is 12.4. The predicted molar refractivity (Wildman–Crippen MR) is 93.3 cm³/mol. The molecule has 1 aliphatic rings. The van der Waals surface area contributed by atoms with Gasteiger partial charge in [0, 0.05) is 10.6 Å². The van der Waals surface area contributed by atoms with E-state index in [4.69, 9.17) is 11.6 Å². The molecule has 1 fully saturated rings. The number of nitrogens with one attached hydrogen (secondary N) is 1. The maximum atomic E-state index is 12.8. The number of benzene rings is 2. The summed E-state index contributed by atoms with van der Waals surface area (Å²) in [6, 6.07) is 10.2. The van der Waals surface area contributed by atoms with E-state index in [-0.39, 0.29) is 22.6 Å². The molecular weight excluding hydrogens is 344 g/mol. The van der Waals surface area contributed by atoms with Gasteiger partial charge in [-0.05, 0) is 36.8 Å². The third kappa shape index (κ3) is 2.99. The Balaban J connectivity index is 2.09. The minimum absolute atomic E-state index is 0.0852. The molecule has 3 rings (SSSR count). The highest BCUT2D eigenvalue weighted by Crippen LogP contribution is 2.30. The monoisotopic (exact) mass is 356 g/mol. The number of aromatic hydroxyl groups is 1. The molecule has 0 radical (unpaired) electrons. The highest BCUT2D eigenvalue weighted by molar-refractivity contribution is 6.40. The molecule has 126 valence electrons. The number of hydrogen-bond donors (Lipinski definition) is 2. The average molecular weight is 357 g/mol. The number of amides is 4. The van der Waals surface area contributed by atoms with Crippen molar-refractivity contribution in [3.63, 3.8) is 0 Å². The standard InChI is InChI=1S/C18H13ClN2O4/c1-10-13(19)6-4-7-14(10)21-17(24)12(16(23)20-18(21)25)9-11-5-2-3-8-15(11)22/h2-9,22H,1H3,(H,20,23,25)/b12-9+. The maximum Gasteiger partial charge on any atom is 0.335 e. The molecule has 2 aromatic carbocycles. The van der Waals surface area contributed by atoms with Crippen LogP contribution in [0.1, 0.15) is 11.1 Å². The van der Waals surface area contributed by atoms with Crippen LogP contribution in [0.3, 0.4) is 0 Å². The number of anilines is 1. The van der Waals surface area contributed by atoms with Crippen molar-refractivity contribution in [2.75, 3.05) is 4.90 Å². The Bertz CT molecular complexity index is 936. The van der Waals surface area contributed by atoms with Crippen molar-refractivity contribution < 1.29 is 19.5 Å². The molecule has 25 heavy (non-hydrogen) atoms. The number of carbonyl (C=O) groups excluding carboxylic acids is 3. The van der Waals surface area contributed by atoms with Crippen molar-refractivity contribution >= 4 is 41.2 Å². The summed E-state index contributed by atoms with van der Waals surface area (Å²) >= 11 is 6.06. The molecule has 0 atom stereocenters. The molecule has 1 saturated heterocycles. The molecule has 0 unspecified atom stereocenters. The number of urea groups is 1. The van der Waals surface area contributed by atoms with Gasteiger partial charge in [0.25, 0.3) is 11.8 Å². The molecule has 7 heteroatoms. The summed E-state index contributed by atoms with van der Waals surface area (Å²) in [6.07, 6.45) is 1.24. The lowest BCUT2D eigenvalue weighted by atomic mass is 10.1. The van der Waals surface area contributed by atoms with E-state index in [2.05, 4.69) is 5.32 Å². The van der Waals surface area contributed by atoms with Crippen LogP contribution in [-0.2, 0) is 9.59 Å². The van der Waals surface area contributed by atoms with Crippen LogP contribution in [0.4, 0.5) is 10.5 Å². The van der Waals surface area contributed by atoms with Crippen molar-refractivity contribution in [1.82, 2.24) is 5.32 Å². The van der Waals surface area contributed by atoms with Gasteiger partial charge in [-0.2, -0.15) is 0 Å². The molecular formula is C18H13ClN2O4. The van der Waals surface area contributed by atoms with Gasteiger partial charge in [0.1, 0.15) is 11.3 Å². The largest absolute Gasteiger partial charge is 0.507 e. The number of imide groups is 2. The highest BCUT2D eigenvalue weighted by Gasteiger charge is 2.37. The van der Waals surface area contributed by atoms with Crippen LogP contribution in [0.15, 0.2) is 48.0 Å². The van der Waals surface area contributed by atoms with E-state index < -0.39 is 17.8 Å². The van der Waals surface area contributed by atoms with Gasteiger partial charge in [-0.15, -0.1) is 0 Å². The van der Waals surface area contributed by atoms with Crippen molar-refractivity contribution in [3.05, 3.63) is 64.2 Å². The third-order valence-corrected chi connectivity index (χ3v) is 4.23. The summed E-state index contributed by atoms with van der Waals surface area (Å²) in [5.41, 5.74) is 0.841. The van der Waals surface area contributed by atoms with Crippen LogP contribution >= 0.6 is 11.6 Å². The predicted octanol–water partition coefficient (Wildman–Crippen LogP) is 3.02. The normalized spacial score (nSPS) is 16.3. The highest BCUT2D eigenvalue weighted by atomic mass is 35.5. The zero-order chi connectivity index (χ0) is 18.1. The second-order valence-electron chi connectivity index (χ2n) is 5.40. The number of hydrogen-bond acceptors (Lipinski definition) is 4.